The van der Waals surface area contributed by atoms with Gasteiger partial charge in [0, 0.05) is 6.04 Å². The molecule has 0 saturated heterocycles. The van der Waals surface area contributed by atoms with E-state index in [2.05, 4.69) is 35.7 Å². The van der Waals surface area contributed by atoms with Gasteiger partial charge in [0.25, 0.3) is 0 Å². The molecule has 1 aliphatic rings. The summed E-state index contributed by atoms with van der Waals surface area (Å²) in [6.07, 6.45) is 2.71. The van der Waals surface area contributed by atoms with E-state index in [4.69, 9.17) is 0 Å². The predicted octanol–water partition coefficient (Wildman–Crippen LogP) is 2.72. The molecule has 2 rings (SSSR count). The van der Waals surface area contributed by atoms with Gasteiger partial charge in [-0.3, -0.25) is 0 Å². The van der Waals surface area contributed by atoms with Crippen LogP contribution in [0.3, 0.4) is 0 Å². The van der Waals surface area contributed by atoms with Crippen LogP contribution >= 0.6 is 11.5 Å². The lowest BCUT2D eigenvalue weighted by molar-refractivity contribution is 0.497. The summed E-state index contributed by atoms with van der Waals surface area (Å²) in [5, 5.41) is 7.83. The molecule has 1 unspecified atom stereocenters. The molecule has 1 aromatic rings. The van der Waals surface area contributed by atoms with Crippen LogP contribution in [-0.4, -0.2) is 16.1 Å². The number of nitrogens with one attached hydrogen (secondary N) is 1. The fraction of sp³-hybridized carbons (Fsp3) is 0.818. The predicted molar refractivity (Wildman–Crippen MR) is 63.1 cm³/mol. The van der Waals surface area contributed by atoms with Crippen molar-refractivity contribution in [3.05, 3.63) is 10.6 Å². The Labute approximate surface area is 95.4 Å². The lowest BCUT2D eigenvalue weighted by Gasteiger charge is -2.17. The Balaban J connectivity index is 2.20. The smallest absolute Gasteiger partial charge is 0.0829 e. The van der Waals surface area contributed by atoms with Gasteiger partial charge in [0.15, 0.2) is 0 Å². The zero-order valence-corrected chi connectivity index (χ0v) is 10.5. The Morgan fingerprint density at radius 3 is 2.73 bits per heavy atom. The minimum absolute atomic E-state index is 0.485. The number of hydrogen-bond donors (Lipinski definition) is 1. The maximum absolute atomic E-state index is 4.26. The van der Waals surface area contributed by atoms with E-state index in [1.54, 1.807) is 11.5 Å². The molecule has 15 heavy (non-hydrogen) atoms. The molecule has 1 aliphatic carbocycles. The quantitative estimate of drug-likeness (QED) is 0.837. The summed E-state index contributed by atoms with van der Waals surface area (Å²) in [5.74, 6) is 1.31. The molecule has 1 atom stereocenters. The number of hydrogen-bond acceptors (Lipinski definition) is 4. The van der Waals surface area contributed by atoms with Crippen LogP contribution in [0.4, 0.5) is 0 Å². The lowest BCUT2D eigenvalue weighted by atomic mass is 10.0. The maximum atomic E-state index is 4.26. The van der Waals surface area contributed by atoms with Gasteiger partial charge >= 0.3 is 0 Å². The molecule has 0 bridgehead atoms. The van der Waals surface area contributed by atoms with Gasteiger partial charge in [-0.1, -0.05) is 25.3 Å². The SMILES string of the molecule is CCNC(c1snnc1C(C)C)C1CC1. The summed E-state index contributed by atoms with van der Waals surface area (Å²) in [5.41, 5.74) is 1.19. The topological polar surface area (TPSA) is 37.8 Å². The van der Waals surface area contributed by atoms with E-state index >= 15 is 0 Å². The van der Waals surface area contributed by atoms with Crippen LogP contribution in [0.25, 0.3) is 0 Å². The molecule has 0 spiro atoms. The molecule has 0 radical (unpaired) electrons. The van der Waals surface area contributed by atoms with Crippen molar-refractivity contribution in [2.75, 3.05) is 6.54 Å². The van der Waals surface area contributed by atoms with Crippen molar-refractivity contribution < 1.29 is 0 Å². The standard InChI is InChI=1S/C11H19N3S/c1-4-12-10(8-5-6-8)11-9(7(2)3)13-14-15-11/h7-8,10,12H,4-6H2,1-3H3. The zero-order valence-electron chi connectivity index (χ0n) is 9.66. The summed E-state index contributed by atoms with van der Waals surface area (Å²) in [6.45, 7) is 7.57. The van der Waals surface area contributed by atoms with Gasteiger partial charge in [0.1, 0.15) is 0 Å². The Morgan fingerprint density at radius 1 is 1.47 bits per heavy atom. The molecular formula is C11H19N3S. The largest absolute Gasteiger partial charge is 0.309 e. The minimum Gasteiger partial charge on any atom is -0.309 e. The highest BCUT2D eigenvalue weighted by molar-refractivity contribution is 7.05. The van der Waals surface area contributed by atoms with Crippen molar-refractivity contribution in [3.8, 4) is 0 Å². The van der Waals surface area contributed by atoms with Gasteiger partial charge in [-0.05, 0) is 42.8 Å². The van der Waals surface area contributed by atoms with Crippen LogP contribution in [-0.2, 0) is 0 Å². The fourth-order valence-corrected chi connectivity index (χ4v) is 2.92. The van der Waals surface area contributed by atoms with Crippen LogP contribution in [0.2, 0.25) is 0 Å². The van der Waals surface area contributed by atoms with Crippen molar-refractivity contribution in [3.63, 3.8) is 0 Å². The molecule has 0 aromatic carbocycles. The number of nitrogens with zero attached hydrogens (tertiary/aromatic N) is 2. The van der Waals surface area contributed by atoms with E-state index < -0.39 is 0 Å². The van der Waals surface area contributed by atoms with Crippen LogP contribution in [0.1, 0.15) is 56.1 Å². The summed E-state index contributed by atoms with van der Waals surface area (Å²) >= 11 is 1.57. The molecule has 0 amide bonds. The van der Waals surface area contributed by atoms with Crippen molar-refractivity contribution in [1.82, 2.24) is 14.9 Å². The average molecular weight is 225 g/mol. The Bertz CT molecular complexity index is 317. The molecule has 84 valence electrons. The Kier molecular flexibility index (Phi) is 3.36. The van der Waals surface area contributed by atoms with Gasteiger partial charge < -0.3 is 5.32 Å². The van der Waals surface area contributed by atoms with Crippen molar-refractivity contribution >= 4 is 11.5 Å². The van der Waals surface area contributed by atoms with E-state index in [9.17, 15) is 0 Å². The number of rotatable bonds is 5. The third-order valence-electron chi connectivity index (χ3n) is 2.89. The second-order valence-corrected chi connectivity index (χ2v) is 5.34. The first-order chi connectivity index (χ1) is 7.24. The minimum atomic E-state index is 0.485. The molecule has 3 nitrogen and oxygen atoms in total. The van der Waals surface area contributed by atoms with Gasteiger partial charge in [0.05, 0.1) is 10.6 Å². The molecule has 1 saturated carbocycles. The van der Waals surface area contributed by atoms with Gasteiger partial charge in [-0.25, -0.2) is 0 Å². The van der Waals surface area contributed by atoms with E-state index in [0.717, 1.165) is 12.5 Å². The highest BCUT2D eigenvalue weighted by Crippen LogP contribution is 2.43. The van der Waals surface area contributed by atoms with Gasteiger partial charge in [0.2, 0.25) is 0 Å². The molecule has 1 N–H and O–H groups in total. The first-order valence-electron chi connectivity index (χ1n) is 5.79. The molecule has 1 heterocycles. The summed E-state index contributed by atoms with van der Waals surface area (Å²) < 4.78 is 4.11. The first kappa shape index (κ1) is 11.0. The normalized spacial score (nSPS) is 18.4. The molecule has 0 aliphatic heterocycles. The highest BCUT2D eigenvalue weighted by atomic mass is 32.1. The third-order valence-corrected chi connectivity index (χ3v) is 3.71. The van der Waals surface area contributed by atoms with Crippen LogP contribution in [0, 0.1) is 5.92 Å². The van der Waals surface area contributed by atoms with E-state index in [-0.39, 0.29) is 0 Å². The van der Waals surface area contributed by atoms with Crippen molar-refractivity contribution in [1.29, 1.82) is 0 Å². The molecule has 1 fully saturated rings. The number of aromatic nitrogens is 2. The highest BCUT2D eigenvalue weighted by Gasteiger charge is 2.34. The van der Waals surface area contributed by atoms with Crippen molar-refractivity contribution in [2.24, 2.45) is 5.92 Å². The fourth-order valence-electron chi connectivity index (χ4n) is 1.94. The van der Waals surface area contributed by atoms with Crippen molar-refractivity contribution in [2.45, 2.75) is 45.6 Å². The zero-order chi connectivity index (χ0) is 10.8. The van der Waals surface area contributed by atoms with Crippen LogP contribution < -0.4 is 5.32 Å². The van der Waals surface area contributed by atoms with Crippen LogP contribution in [0.5, 0.6) is 0 Å². The summed E-state index contributed by atoms with van der Waals surface area (Å²) in [4.78, 5) is 1.37. The average Bonchev–Trinajstić information content (AvgIpc) is 2.91. The molecule has 1 aromatic heterocycles. The first-order valence-corrected chi connectivity index (χ1v) is 6.56. The van der Waals surface area contributed by atoms with Crippen LogP contribution in [0.15, 0.2) is 0 Å². The second kappa shape index (κ2) is 4.58. The van der Waals surface area contributed by atoms with Gasteiger partial charge in [-0.15, -0.1) is 5.10 Å². The monoisotopic (exact) mass is 225 g/mol. The summed E-state index contributed by atoms with van der Waals surface area (Å²) in [7, 11) is 0. The van der Waals surface area contributed by atoms with E-state index in [1.165, 1.54) is 23.4 Å². The molecular weight excluding hydrogens is 206 g/mol. The Hall–Kier alpha value is -0.480. The van der Waals surface area contributed by atoms with E-state index in [0.29, 0.717) is 12.0 Å². The maximum Gasteiger partial charge on any atom is 0.0829 e. The summed E-state index contributed by atoms with van der Waals surface area (Å²) in [6, 6.07) is 0.507. The van der Waals surface area contributed by atoms with Gasteiger partial charge in [-0.2, -0.15) is 0 Å². The molecule has 4 heteroatoms. The second-order valence-electron chi connectivity index (χ2n) is 4.55. The third kappa shape index (κ3) is 2.37. The lowest BCUT2D eigenvalue weighted by Crippen LogP contribution is -2.23. The van der Waals surface area contributed by atoms with E-state index in [1.807, 2.05) is 0 Å². The Morgan fingerprint density at radius 2 is 2.20 bits per heavy atom.